The lowest BCUT2D eigenvalue weighted by atomic mass is 10.0. The molecule has 0 spiro atoms. The second-order valence-corrected chi connectivity index (χ2v) is 4.17. The van der Waals surface area contributed by atoms with Gasteiger partial charge in [0.15, 0.2) is 0 Å². The molecular weight excluding hydrogens is 168 g/mol. The Bertz CT molecular complexity index is 212. The predicted molar refractivity (Wildman–Crippen MR) is 51.6 cm³/mol. The van der Waals surface area contributed by atoms with Crippen molar-refractivity contribution in [3.63, 3.8) is 0 Å². The molecule has 1 aliphatic heterocycles. The van der Waals surface area contributed by atoms with E-state index in [0.29, 0.717) is 0 Å². The molecule has 3 heteroatoms. The van der Waals surface area contributed by atoms with Gasteiger partial charge in [0.25, 0.3) is 0 Å². The molecule has 1 saturated heterocycles. The minimum Gasteiger partial charge on any atom is -0.317 e. The summed E-state index contributed by atoms with van der Waals surface area (Å²) in [4.78, 5) is 4.37. The van der Waals surface area contributed by atoms with Gasteiger partial charge in [-0.2, -0.15) is 0 Å². The maximum absolute atomic E-state index is 4.37. The second kappa shape index (κ2) is 4.01. The average molecular weight is 182 g/mol. The Hall–Kier alpha value is -0.410. The van der Waals surface area contributed by atoms with Crippen molar-refractivity contribution in [3.8, 4) is 0 Å². The first kappa shape index (κ1) is 8.20. The van der Waals surface area contributed by atoms with Crippen LogP contribution >= 0.6 is 11.3 Å². The normalized spacial score (nSPS) is 25.2. The summed E-state index contributed by atoms with van der Waals surface area (Å²) in [5.74, 6) is 0.722. The topological polar surface area (TPSA) is 24.9 Å². The summed E-state index contributed by atoms with van der Waals surface area (Å²) in [5.41, 5.74) is 0. The lowest BCUT2D eigenvalue weighted by molar-refractivity contribution is 0.606. The molecule has 1 aromatic rings. The van der Waals surface area contributed by atoms with Crippen LogP contribution in [0.25, 0.3) is 0 Å². The quantitative estimate of drug-likeness (QED) is 0.718. The molecule has 1 aliphatic rings. The Kier molecular flexibility index (Phi) is 2.74. The van der Waals surface area contributed by atoms with Crippen molar-refractivity contribution in [1.82, 2.24) is 10.3 Å². The molecule has 0 bridgehead atoms. The first-order chi connectivity index (χ1) is 5.97. The van der Waals surface area contributed by atoms with Gasteiger partial charge < -0.3 is 5.32 Å². The van der Waals surface area contributed by atoms with Crippen molar-refractivity contribution in [2.24, 2.45) is 0 Å². The third-order valence-corrected chi connectivity index (χ3v) is 3.31. The molecule has 1 fully saturated rings. The fourth-order valence-corrected chi connectivity index (χ4v) is 2.51. The zero-order valence-corrected chi connectivity index (χ0v) is 7.94. The molecule has 0 saturated carbocycles. The van der Waals surface area contributed by atoms with Crippen molar-refractivity contribution in [3.05, 3.63) is 16.6 Å². The predicted octanol–water partition coefficient (Wildman–Crippen LogP) is 2.00. The van der Waals surface area contributed by atoms with Crippen LogP contribution in [-0.4, -0.2) is 18.1 Å². The highest BCUT2D eigenvalue weighted by Crippen LogP contribution is 2.27. The van der Waals surface area contributed by atoms with Crippen LogP contribution in [0.5, 0.6) is 0 Å². The van der Waals surface area contributed by atoms with E-state index in [1.54, 1.807) is 11.3 Å². The minimum atomic E-state index is 0.722. The molecule has 0 radical (unpaired) electrons. The summed E-state index contributed by atoms with van der Waals surface area (Å²) in [5, 5.41) is 6.83. The third-order valence-electron chi connectivity index (χ3n) is 2.38. The van der Waals surface area contributed by atoms with Gasteiger partial charge in [0.2, 0.25) is 0 Å². The minimum absolute atomic E-state index is 0.722. The van der Waals surface area contributed by atoms with Crippen LogP contribution in [0.4, 0.5) is 0 Å². The lowest BCUT2D eigenvalue weighted by Gasteiger charge is -2.08. The Balaban J connectivity index is 2.02. The van der Waals surface area contributed by atoms with Gasteiger partial charge in [-0.05, 0) is 32.4 Å². The molecular formula is C9H14N2S. The van der Waals surface area contributed by atoms with Crippen molar-refractivity contribution in [2.75, 3.05) is 13.1 Å². The Labute approximate surface area is 77.0 Å². The van der Waals surface area contributed by atoms with E-state index in [0.717, 1.165) is 12.5 Å². The number of hydrogen-bond donors (Lipinski definition) is 1. The molecule has 1 aromatic heterocycles. The molecule has 2 rings (SSSR count). The lowest BCUT2D eigenvalue weighted by Crippen LogP contribution is -2.13. The van der Waals surface area contributed by atoms with Crippen molar-refractivity contribution < 1.29 is 0 Å². The first-order valence-corrected chi connectivity index (χ1v) is 5.45. The molecule has 0 amide bonds. The fraction of sp³-hybridized carbons (Fsp3) is 0.667. The van der Waals surface area contributed by atoms with Gasteiger partial charge in [-0.3, -0.25) is 0 Å². The van der Waals surface area contributed by atoms with Crippen LogP contribution in [0.3, 0.4) is 0 Å². The largest absolute Gasteiger partial charge is 0.317 e. The van der Waals surface area contributed by atoms with Crippen molar-refractivity contribution in [1.29, 1.82) is 0 Å². The Morgan fingerprint density at radius 1 is 1.42 bits per heavy atom. The number of thiazole rings is 1. The van der Waals surface area contributed by atoms with Gasteiger partial charge in [0, 0.05) is 17.5 Å². The molecule has 1 unspecified atom stereocenters. The van der Waals surface area contributed by atoms with E-state index in [4.69, 9.17) is 0 Å². The summed E-state index contributed by atoms with van der Waals surface area (Å²) in [6.45, 7) is 2.34. The summed E-state index contributed by atoms with van der Waals surface area (Å²) in [7, 11) is 0. The number of aromatic nitrogens is 1. The van der Waals surface area contributed by atoms with Gasteiger partial charge in [-0.1, -0.05) is 0 Å². The summed E-state index contributed by atoms with van der Waals surface area (Å²) >= 11 is 1.80. The fourth-order valence-electron chi connectivity index (χ4n) is 1.70. The van der Waals surface area contributed by atoms with Gasteiger partial charge >= 0.3 is 0 Å². The van der Waals surface area contributed by atoms with E-state index in [1.807, 2.05) is 6.20 Å². The Morgan fingerprint density at radius 2 is 2.42 bits per heavy atom. The number of hydrogen-bond acceptors (Lipinski definition) is 3. The number of nitrogens with one attached hydrogen (secondary N) is 1. The highest BCUT2D eigenvalue weighted by molar-refractivity contribution is 7.09. The van der Waals surface area contributed by atoms with Crippen LogP contribution in [-0.2, 0) is 0 Å². The molecule has 2 heterocycles. The van der Waals surface area contributed by atoms with E-state index in [2.05, 4.69) is 15.7 Å². The maximum Gasteiger partial charge on any atom is 0.0956 e. The zero-order chi connectivity index (χ0) is 8.23. The molecule has 12 heavy (non-hydrogen) atoms. The summed E-state index contributed by atoms with van der Waals surface area (Å²) in [6.07, 6.45) is 5.77. The highest BCUT2D eigenvalue weighted by Gasteiger charge is 2.15. The molecule has 0 aromatic carbocycles. The molecule has 0 aliphatic carbocycles. The first-order valence-electron chi connectivity index (χ1n) is 4.57. The molecule has 1 atom stereocenters. The maximum atomic E-state index is 4.37. The molecule has 2 nitrogen and oxygen atoms in total. The van der Waals surface area contributed by atoms with Gasteiger partial charge in [-0.25, -0.2) is 4.98 Å². The van der Waals surface area contributed by atoms with Crippen LogP contribution in [0.1, 0.15) is 30.2 Å². The summed E-state index contributed by atoms with van der Waals surface area (Å²) < 4.78 is 0. The standard InChI is InChI=1S/C9H14N2S/c1-2-8(3-5-10-4-1)9-11-6-7-12-9/h6-8,10H,1-5H2. The van der Waals surface area contributed by atoms with E-state index in [1.165, 1.54) is 30.8 Å². The van der Waals surface area contributed by atoms with Crippen LogP contribution in [0.15, 0.2) is 11.6 Å². The van der Waals surface area contributed by atoms with E-state index in [9.17, 15) is 0 Å². The van der Waals surface area contributed by atoms with E-state index < -0.39 is 0 Å². The highest BCUT2D eigenvalue weighted by atomic mass is 32.1. The zero-order valence-electron chi connectivity index (χ0n) is 7.12. The van der Waals surface area contributed by atoms with Gasteiger partial charge in [0.1, 0.15) is 0 Å². The number of rotatable bonds is 1. The second-order valence-electron chi connectivity index (χ2n) is 3.25. The van der Waals surface area contributed by atoms with Crippen LogP contribution in [0.2, 0.25) is 0 Å². The van der Waals surface area contributed by atoms with Crippen molar-refractivity contribution >= 4 is 11.3 Å². The number of nitrogens with zero attached hydrogens (tertiary/aromatic N) is 1. The van der Waals surface area contributed by atoms with Gasteiger partial charge in [-0.15, -0.1) is 11.3 Å². The average Bonchev–Trinajstić information content (AvgIpc) is 2.48. The summed E-state index contributed by atoms with van der Waals surface area (Å²) in [6, 6.07) is 0. The van der Waals surface area contributed by atoms with E-state index in [-0.39, 0.29) is 0 Å². The molecule has 66 valence electrons. The van der Waals surface area contributed by atoms with Crippen molar-refractivity contribution in [2.45, 2.75) is 25.2 Å². The van der Waals surface area contributed by atoms with Crippen LogP contribution < -0.4 is 5.32 Å². The van der Waals surface area contributed by atoms with Crippen LogP contribution in [0, 0.1) is 0 Å². The molecule has 1 N–H and O–H groups in total. The smallest absolute Gasteiger partial charge is 0.0956 e. The SMILES string of the molecule is c1csc(C2CCCNCC2)n1. The third kappa shape index (κ3) is 1.84. The monoisotopic (exact) mass is 182 g/mol. The van der Waals surface area contributed by atoms with Gasteiger partial charge in [0.05, 0.1) is 5.01 Å². The van der Waals surface area contributed by atoms with E-state index >= 15 is 0 Å². The Morgan fingerprint density at radius 3 is 3.25 bits per heavy atom.